The fourth-order valence-electron chi connectivity index (χ4n) is 15.1. The van der Waals surface area contributed by atoms with Crippen molar-refractivity contribution in [1.29, 1.82) is 0 Å². The van der Waals surface area contributed by atoms with Crippen LogP contribution < -0.4 is 0 Å². The van der Waals surface area contributed by atoms with Crippen LogP contribution in [0.15, 0.2) is 12.2 Å². The highest BCUT2D eigenvalue weighted by Gasteiger charge is 2.74. The summed E-state index contributed by atoms with van der Waals surface area (Å²) in [6.07, 6.45) is 25.0. The number of fused-ring (bicyclic) bond motifs is 21. The standard InChI is InChI=1S/C20H28O3.C20H28O2.CH3/c1-2-20(5-3-4-6-20)23-19(21)12-8-10-7-11(12)16-14-9-13(15(10)16)17-18(14)22-17;1-2-20(7-3-4-8-20)22-19(21)16-11-14-10-15(16)18-13-6-5-12(9-13)17(14)18;/h10-18H,2-9H2,1H3;5-6,12-18H,2-4,7-11H2,1H3;1H3/q;;-1. The Morgan fingerprint density at radius 3 is 1.63 bits per heavy atom. The molecule has 16 atom stereocenters. The van der Waals surface area contributed by atoms with E-state index in [9.17, 15) is 9.59 Å². The Labute approximate surface area is 277 Å². The molecule has 11 rings (SSSR count). The maximum absolute atomic E-state index is 13.0. The molecule has 0 spiro atoms. The van der Waals surface area contributed by atoms with E-state index in [1.165, 1.54) is 51.4 Å². The Balaban J connectivity index is 0.000000124. The second-order valence-corrected chi connectivity index (χ2v) is 18.2. The molecule has 16 unspecified atom stereocenters. The summed E-state index contributed by atoms with van der Waals surface area (Å²) < 4.78 is 18.3. The van der Waals surface area contributed by atoms with Crippen LogP contribution in [0, 0.1) is 90.3 Å². The van der Waals surface area contributed by atoms with Crippen LogP contribution in [0.3, 0.4) is 0 Å². The number of rotatable bonds is 6. The molecular weight excluding hydrogens is 572 g/mol. The van der Waals surface area contributed by atoms with Gasteiger partial charge in [-0.1, -0.05) is 26.0 Å². The fraction of sp³-hybridized carbons (Fsp3) is 0.878. The Morgan fingerprint density at radius 2 is 1.09 bits per heavy atom. The first kappa shape index (κ1) is 30.7. The van der Waals surface area contributed by atoms with Crippen molar-refractivity contribution in [2.24, 2.45) is 82.9 Å². The van der Waals surface area contributed by atoms with Crippen LogP contribution >= 0.6 is 0 Å². The lowest BCUT2D eigenvalue weighted by Crippen LogP contribution is -2.41. The molecule has 10 aliphatic carbocycles. The predicted octanol–water partition coefficient (Wildman–Crippen LogP) is 8.35. The van der Waals surface area contributed by atoms with Gasteiger partial charge < -0.3 is 21.6 Å². The lowest BCUT2D eigenvalue weighted by Gasteiger charge is -2.38. The highest BCUT2D eigenvalue weighted by atomic mass is 16.6. The second kappa shape index (κ2) is 10.8. The van der Waals surface area contributed by atoms with Gasteiger partial charge in [0, 0.05) is 0 Å². The van der Waals surface area contributed by atoms with Gasteiger partial charge >= 0.3 is 11.9 Å². The number of carbonyl (C=O) groups is 2. The average Bonchev–Trinajstić information content (AvgIpc) is 3.88. The zero-order valence-electron chi connectivity index (χ0n) is 28.7. The smallest absolute Gasteiger partial charge is 0.309 e. The van der Waals surface area contributed by atoms with E-state index in [1.807, 2.05) is 0 Å². The van der Waals surface area contributed by atoms with E-state index in [0.29, 0.717) is 24.0 Å². The third-order valence-corrected chi connectivity index (χ3v) is 16.9. The summed E-state index contributed by atoms with van der Waals surface area (Å²) >= 11 is 0. The van der Waals surface area contributed by atoms with E-state index in [4.69, 9.17) is 14.2 Å². The van der Waals surface area contributed by atoms with Gasteiger partial charge in [0.1, 0.15) is 11.2 Å². The molecule has 9 saturated carbocycles. The van der Waals surface area contributed by atoms with Crippen molar-refractivity contribution < 1.29 is 23.8 Å². The van der Waals surface area contributed by atoms with Crippen LogP contribution in [0.5, 0.6) is 0 Å². The second-order valence-electron chi connectivity index (χ2n) is 18.2. The minimum atomic E-state index is -0.113. The fourth-order valence-corrected chi connectivity index (χ4v) is 15.1. The molecule has 0 N–H and O–H groups in total. The van der Waals surface area contributed by atoms with E-state index in [-0.39, 0.29) is 42.4 Å². The van der Waals surface area contributed by atoms with Crippen molar-refractivity contribution in [1.82, 2.24) is 0 Å². The third kappa shape index (κ3) is 4.27. The van der Waals surface area contributed by atoms with Crippen LogP contribution in [0.25, 0.3) is 0 Å². The highest BCUT2D eigenvalue weighted by Crippen LogP contribution is 2.73. The van der Waals surface area contributed by atoms with Gasteiger partial charge in [-0.25, -0.2) is 0 Å². The Hall–Kier alpha value is -1.36. The van der Waals surface area contributed by atoms with Crippen LogP contribution in [-0.4, -0.2) is 35.3 Å². The van der Waals surface area contributed by atoms with E-state index in [0.717, 1.165) is 111 Å². The molecule has 11 aliphatic rings. The normalized spacial score (nSPS) is 52.1. The van der Waals surface area contributed by atoms with Gasteiger partial charge in [-0.3, -0.25) is 9.59 Å². The Morgan fingerprint density at radius 1 is 0.609 bits per heavy atom. The molecular formula is C41H59O5-. The quantitative estimate of drug-likeness (QED) is 0.0969. The van der Waals surface area contributed by atoms with Gasteiger partial charge in [-0.15, -0.1) is 0 Å². The van der Waals surface area contributed by atoms with Crippen molar-refractivity contribution in [2.45, 2.75) is 140 Å². The van der Waals surface area contributed by atoms with Gasteiger partial charge in [0.15, 0.2) is 0 Å². The summed E-state index contributed by atoms with van der Waals surface area (Å²) in [6.45, 7) is 4.38. The molecule has 0 aromatic carbocycles. The predicted molar refractivity (Wildman–Crippen MR) is 176 cm³/mol. The van der Waals surface area contributed by atoms with Crippen LogP contribution in [0.4, 0.5) is 0 Å². The van der Waals surface area contributed by atoms with Gasteiger partial charge in [-0.05, 0) is 174 Å². The van der Waals surface area contributed by atoms with E-state index in [1.54, 1.807) is 0 Å². The summed E-state index contributed by atoms with van der Waals surface area (Å²) in [5.41, 5.74) is -0.218. The average molecular weight is 632 g/mol. The number of hydrogen-bond acceptors (Lipinski definition) is 5. The molecule has 254 valence electrons. The topological polar surface area (TPSA) is 65.1 Å². The van der Waals surface area contributed by atoms with Gasteiger partial charge in [0.2, 0.25) is 0 Å². The van der Waals surface area contributed by atoms with Crippen molar-refractivity contribution >= 4 is 11.9 Å². The molecule has 0 radical (unpaired) electrons. The number of carbonyl (C=O) groups excluding carboxylic acids is 2. The molecule has 1 heterocycles. The number of esters is 2. The lowest BCUT2D eigenvalue weighted by atomic mass is 9.67. The largest absolute Gasteiger partial charge is 0.459 e. The van der Waals surface area contributed by atoms with E-state index in [2.05, 4.69) is 26.0 Å². The van der Waals surface area contributed by atoms with Crippen LogP contribution in [0.1, 0.15) is 117 Å². The number of epoxide rings is 1. The molecule has 0 amide bonds. The molecule has 10 fully saturated rings. The van der Waals surface area contributed by atoms with Crippen molar-refractivity contribution in [3.8, 4) is 0 Å². The van der Waals surface area contributed by atoms with Gasteiger partial charge in [0.05, 0.1) is 24.0 Å². The maximum atomic E-state index is 13.0. The molecule has 5 nitrogen and oxygen atoms in total. The molecule has 0 aromatic rings. The molecule has 1 aliphatic heterocycles. The zero-order chi connectivity index (χ0) is 30.2. The van der Waals surface area contributed by atoms with E-state index >= 15 is 0 Å². The molecule has 1 saturated heterocycles. The Bertz CT molecular complexity index is 1260. The highest BCUT2D eigenvalue weighted by molar-refractivity contribution is 5.75. The SMILES string of the molecule is CCC1(OC(=O)C2CC3CC2C2C4C=CC(C4)C32)CCCC1.CCC1(OC(=O)C2CC3CC2C2C4CC(C5OC45)C32)CCCC1.[CH3-]. The number of ether oxygens (including phenoxy) is 3. The first-order valence-electron chi connectivity index (χ1n) is 19.7. The molecule has 5 heteroatoms. The number of hydrogen-bond donors (Lipinski definition) is 0. The summed E-state index contributed by atoms with van der Waals surface area (Å²) in [7, 11) is 0. The Kier molecular flexibility index (Phi) is 7.22. The minimum Gasteiger partial charge on any atom is -0.459 e. The minimum absolute atomic E-state index is 0. The number of allylic oxidation sites excluding steroid dienone is 2. The summed E-state index contributed by atoms with van der Waals surface area (Å²) in [4.78, 5) is 25.9. The molecule has 0 aromatic heterocycles. The van der Waals surface area contributed by atoms with Gasteiger partial charge in [0.25, 0.3) is 0 Å². The zero-order valence-corrected chi connectivity index (χ0v) is 28.7. The first-order valence-corrected chi connectivity index (χ1v) is 19.7. The maximum Gasteiger partial charge on any atom is 0.309 e. The van der Waals surface area contributed by atoms with Crippen molar-refractivity contribution in [3.63, 3.8) is 0 Å². The molecule has 8 bridgehead atoms. The van der Waals surface area contributed by atoms with Crippen LogP contribution in [0.2, 0.25) is 0 Å². The van der Waals surface area contributed by atoms with Crippen LogP contribution in [-0.2, 0) is 23.8 Å². The molecule has 46 heavy (non-hydrogen) atoms. The lowest BCUT2D eigenvalue weighted by molar-refractivity contribution is -0.169. The first-order chi connectivity index (χ1) is 21.9. The summed E-state index contributed by atoms with van der Waals surface area (Å²) in [5, 5.41) is 0. The monoisotopic (exact) mass is 631 g/mol. The summed E-state index contributed by atoms with van der Waals surface area (Å²) in [5.74, 6) is 10.3. The van der Waals surface area contributed by atoms with E-state index < -0.39 is 0 Å². The van der Waals surface area contributed by atoms with Gasteiger partial charge in [-0.2, -0.15) is 0 Å². The van der Waals surface area contributed by atoms with Crippen molar-refractivity contribution in [2.75, 3.05) is 0 Å². The summed E-state index contributed by atoms with van der Waals surface area (Å²) in [6, 6.07) is 0. The van der Waals surface area contributed by atoms with Crippen molar-refractivity contribution in [3.05, 3.63) is 19.6 Å². The third-order valence-electron chi connectivity index (χ3n) is 16.9.